The third-order valence-corrected chi connectivity index (χ3v) is 4.59. The van der Waals surface area contributed by atoms with E-state index < -0.39 is 0 Å². The monoisotopic (exact) mass is 321 g/mol. The van der Waals surface area contributed by atoms with Crippen molar-refractivity contribution in [2.45, 2.75) is 32.2 Å². The summed E-state index contributed by atoms with van der Waals surface area (Å²) in [6.07, 6.45) is 1.08. The molecule has 2 atom stereocenters. The largest absolute Gasteiger partial charge is 0.309 e. The molecule has 0 fully saturated rings. The second kappa shape index (κ2) is 7.84. The van der Waals surface area contributed by atoms with Crippen molar-refractivity contribution in [3.05, 3.63) is 69.7 Å². The second-order valence-corrected chi connectivity index (χ2v) is 6.06. The smallest absolute Gasteiger partial charge is 0.0640 e. The fourth-order valence-electron chi connectivity index (χ4n) is 2.57. The minimum Gasteiger partial charge on any atom is -0.309 e. The van der Waals surface area contributed by atoms with Crippen LogP contribution in [0.25, 0.3) is 0 Å². The second-order valence-electron chi connectivity index (χ2n) is 5.27. The Balaban J connectivity index is 2.36. The van der Waals surface area contributed by atoms with E-state index in [1.54, 1.807) is 0 Å². The van der Waals surface area contributed by atoms with E-state index in [1.165, 1.54) is 5.56 Å². The Bertz CT molecular complexity index is 569. The van der Waals surface area contributed by atoms with Gasteiger partial charge < -0.3 is 5.32 Å². The molecule has 1 nitrogen and oxygen atoms in total. The standard InChI is InChI=1S/C18H21Cl2N/c1-3-12-21-18(13(2)14-8-5-4-6-9-14)15-10-7-11-16(19)17(15)20/h4-11,13,18,21H,3,12H2,1-2H3. The molecule has 112 valence electrons. The van der Waals surface area contributed by atoms with Gasteiger partial charge in [-0.15, -0.1) is 0 Å². The van der Waals surface area contributed by atoms with Crippen LogP contribution in [-0.2, 0) is 0 Å². The van der Waals surface area contributed by atoms with Crippen molar-refractivity contribution in [2.24, 2.45) is 0 Å². The van der Waals surface area contributed by atoms with Crippen LogP contribution >= 0.6 is 23.2 Å². The van der Waals surface area contributed by atoms with E-state index in [2.05, 4.69) is 49.5 Å². The Kier molecular flexibility index (Phi) is 6.10. The summed E-state index contributed by atoms with van der Waals surface area (Å²) >= 11 is 12.6. The molecule has 1 N–H and O–H groups in total. The zero-order valence-corrected chi connectivity index (χ0v) is 14.0. The minimum absolute atomic E-state index is 0.151. The van der Waals surface area contributed by atoms with E-state index >= 15 is 0 Å². The molecule has 0 radical (unpaired) electrons. The van der Waals surface area contributed by atoms with E-state index in [9.17, 15) is 0 Å². The Hall–Kier alpha value is -1.02. The number of hydrogen-bond donors (Lipinski definition) is 1. The maximum Gasteiger partial charge on any atom is 0.0640 e. The zero-order valence-electron chi connectivity index (χ0n) is 12.4. The van der Waals surface area contributed by atoms with Crippen LogP contribution in [0.3, 0.4) is 0 Å². The SMILES string of the molecule is CCCNC(c1cccc(Cl)c1Cl)C(C)c1ccccc1. The summed E-state index contributed by atoms with van der Waals surface area (Å²) in [5.41, 5.74) is 2.36. The van der Waals surface area contributed by atoms with E-state index in [1.807, 2.05) is 18.2 Å². The van der Waals surface area contributed by atoms with E-state index in [0.29, 0.717) is 16.0 Å². The highest BCUT2D eigenvalue weighted by molar-refractivity contribution is 6.42. The molecule has 2 rings (SSSR count). The summed E-state index contributed by atoms with van der Waals surface area (Å²) in [4.78, 5) is 0. The van der Waals surface area contributed by atoms with Gasteiger partial charge in [-0.25, -0.2) is 0 Å². The lowest BCUT2D eigenvalue weighted by Crippen LogP contribution is -2.27. The predicted molar refractivity (Wildman–Crippen MR) is 92.4 cm³/mol. The maximum absolute atomic E-state index is 6.43. The van der Waals surface area contributed by atoms with Gasteiger partial charge in [-0.3, -0.25) is 0 Å². The number of halogens is 2. The van der Waals surface area contributed by atoms with Crippen molar-refractivity contribution in [3.63, 3.8) is 0 Å². The van der Waals surface area contributed by atoms with Gasteiger partial charge in [0.25, 0.3) is 0 Å². The topological polar surface area (TPSA) is 12.0 Å². The lowest BCUT2D eigenvalue weighted by molar-refractivity contribution is 0.466. The minimum atomic E-state index is 0.151. The molecule has 0 aliphatic heterocycles. The quantitative estimate of drug-likeness (QED) is 0.704. The fraction of sp³-hybridized carbons (Fsp3) is 0.333. The molecule has 0 bridgehead atoms. The molecule has 0 saturated heterocycles. The molecule has 0 aliphatic carbocycles. The number of benzene rings is 2. The number of nitrogens with one attached hydrogen (secondary N) is 1. The molecule has 0 saturated carbocycles. The van der Waals surface area contributed by atoms with Crippen LogP contribution in [0, 0.1) is 0 Å². The van der Waals surface area contributed by atoms with Gasteiger partial charge in [-0.1, -0.05) is 79.5 Å². The molecule has 2 aromatic carbocycles. The van der Waals surface area contributed by atoms with Crippen LogP contribution in [0.1, 0.15) is 43.4 Å². The summed E-state index contributed by atoms with van der Waals surface area (Å²) in [6, 6.07) is 16.5. The molecular weight excluding hydrogens is 301 g/mol. The first kappa shape index (κ1) is 16.4. The van der Waals surface area contributed by atoms with Gasteiger partial charge in [0.1, 0.15) is 0 Å². The van der Waals surface area contributed by atoms with Gasteiger partial charge in [0.05, 0.1) is 10.0 Å². The third-order valence-electron chi connectivity index (χ3n) is 3.76. The van der Waals surface area contributed by atoms with Crippen LogP contribution in [0.5, 0.6) is 0 Å². The van der Waals surface area contributed by atoms with E-state index in [-0.39, 0.29) is 6.04 Å². The van der Waals surface area contributed by atoms with Crippen LogP contribution in [0.2, 0.25) is 10.0 Å². The lowest BCUT2D eigenvalue weighted by atomic mass is 9.88. The Morgan fingerprint density at radius 3 is 2.38 bits per heavy atom. The summed E-state index contributed by atoms with van der Waals surface area (Å²) in [5, 5.41) is 4.87. The van der Waals surface area contributed by atoms with E-state index in [0.717, 1.165) is 18.5 Å². The molecule has 0 spiro atoms. The normalized spacial score (nSPS) is 13.9. The highest BCUT2D eigenvalue weighted by atomic mass is 35.5. The van der Waals surface area contributed by atoms with Gasteiger partial charge in [-0.05, 0) is 30.2 Å². The van der Waals surface area contributed by atoms with Crippen molar-refractivity contribution in [3.8, 4) is 0 Å². The lowest BCUT2D eigenvalue weighted by Gasteiger charge is -2.27. The maximum atomic E-state index is 6.43. The third kappa shape index (κ3) is 4.00. The first-order valence-corrected chi connectivity index (χ1v) is 8.13. The highest BCUT2D eigenvalue weighted by Gasteiger charge is 2.23. The van der Waals surface area contributed by atoms with Crippen molar-refractivity contribution in [1.29, 1.82) is 0 Å². The van der Waals surface area contributed by atoms with Gasteiger partial charge in [-0.2, -0.15) is 0 Å². The molecular formula is C18H21Cl2N. The first-order chi connectivity index (χ1) is 10.1. The zero-order chi connectivity index (χ0) is 15.2. The number of rotatable bonds is 6. The van der Waals surface area contributed by atoms with Gasteiger partial charge in [0, 0.05) is 12.0 Å². The van der Waals surface area contributed by atoms with Gasteiger partial charge in [0.2, 0.25) is 0 Å². The molecule has 21 heavy (non-hydrogen) atoms. The van der Waals surface area contributed by atoms with Crippen LogP contribution in [0.4, 0.5) is 0 Å². The van der Waals surface area contributed by atoms with Crippen LogP contribution in [-0.4, -0.2) is 6.54 Å². The Morgan fingerprint density at radius 2 is 1.71 bits per heavy atom. The molecule has 2 unspecified atom stereocenters. The summed E-state index contributed by atoms with van der Waals surface area (Å²) in [7, 11) is 0. The van der Waals surface area contributed by atoms with Gasteiger partial charge >= 0.3 is 0 Å². The highest BCUT2D eigenvalue weighted by Crippen LogP contribution is 2.37. The van der Waals surface area contributed by atoms with Crippen molar-refractivity contribution in [2.75, 3.05) is 6.54 Å². The van der Waals surface area contributed by atoms with Crippen molar-refractivity contribution >= 4 is 23.2 Å². The molecule has 3 heteroatoms. The molecule has 0 heterocycles. The summed E-state index contributed by atoms with van der Waals surface area (Å²) < 4.78 is 0. The van der Waals surface area contributed by atoms with Crippen LogP contribution in [0.15, 0.2) is 48.5 Å². The molecule has 0 aromatic heterocycles. The first-order valence-electron chi connectivity index (χ1n) is 7.37. The van der Waals surface area contributed by atoms with Crippen LogP contribution < -0.4 is 5.32 Å². The van der Waals surface area contributed by atoms with E-state index in [4.69, 9.17) is 23.2 Å². The van der Waals surface area contributed by atoms with Gasteiger partial charge in [0.15, 0.2) is 0 Å². The van der Waals surface area contributed by atoms with Crippen molar-refractivity contribution < 1.29 is 0 Å². The van der Waals surface area contributed by atoms with Crippen molar-refractivity contribution in [1.82, 2.24) is 5.32 Å². The average Bonchev–Trinajstić information content (AvgIpc) is 2.52. The molecule has 0 amide bonds. The predicted octanol–water partition coefficient (Wildman–Crippen LogP) is 5.84. The Labute approximate surface area is 137 Å². The Morgan fingerprint density at radius 1 is 1.00 bits per heavy atom. The fourth-order valence-corrected chi connectivity index (χ4v) is 2.99. The molecule has 2 aromatic rings. The summed E-state index contributed by atoms with van der Waals surface area (Å²) in [5.74, 6) is 0.314. The number of hydrogen-bond acceptors (Lipinski definition) is 1. The summed E-state index contributed by atoms with van der Waals surface area (Å²) in [6.45, 7) is 5.33. The molecule has 0 aliphatic rings. The average molecular weight is 322 g/mol.